The zero-order chi connectivity index (χ0) is 13.1. The van der Waals surface area contributed by atoms with Crippen LogP contribution in [0.3, 0.4) is 0 Å². The third kappa shape index (κ3) is 2.69. The molecule has 102 valence electrons. The number of hydrogen-bond acceptors (Lipinski definition) is 3. The number of nitrogens with zero attached hydrogens (tertiary/aromatic N) is 2. The van der Waals surface area contributed by atoms with E-state index in [1.807, 2.05) is 25.7 Å². The number of ether oxygens (including phenoxy) is 1. The highest BCUT2D eigenvalue weighted by atomic mass is 16.5. The van der Waals surface area contributed by atoms with Gasteiger partial charge in [0.05, 0.1) is 18.4 Å². The fourth-order valence-corrected chi connectivity index (χ4v) is 2.91. The van der Waals surface area contributed by atoms with E-state index < -0.39 is 0 Å². The molecule has 0 radical (unpaired) electrons. The van der Waals surface area contributed by atoms with E-state index in [1.54, 1.807) is 0 Å². The van der Waals surface area contributed by atoms with Crippen LogP contribution in [0.1, 0.15) is 43.9 Å². The molecule has 4 nitrogen and oxygen atoms in total. The van der Waals surface area contributed by atoms with Crippen molar-refractivity contribution < 1.29 is 4.74 Å². The van der Waals surface area contributed by atoms with Gasteiger partial charge in [0.2, 0.25) is 0 Å². The molecule has 1 N–H and O–H groups in total. The highest BCUT2D eigenvalue weighted by Crippen LogP contribution is 2.28. The van der Waals surface area contributed by atoms with Crippen molar-refractivity contribution in [2.24, 2.45) is 13.0 Å². The molecule has 1 fully saturated rings. The van der Waals surface area contributed by atoms with Gasteiger partial charge in [-0.2, -0.15) is 5.10 Å². The molecule has 4 heteroatoms. The molecule has 1 aliphatic rings. The maximum atomic E-state index is 6.12. The van der Waals surface area contributed by atoms with Gasteiger partial charge >= 0.3 is 0 Å². The summed E-state index contributed by atoms with van der Waals surface area (Å²) in [5, 5.41) is 7.64. The first-order valence-corrected chi connectivity index (χ1v) is 6.95. The molecule has 2 atom stereocenters. The number of aryl methyl sites for hydroxylation is 2. The molecule has 0 spiro atoms. The Morgan fingerprint density at radius 3 is 2.78 bits per heavy atom. The third-order valence-corrected chi connectivity index (χ3v) is 4.06. The minimum absolute atomic E-state index is 0.420. The molecular weight excluding hydrogens is 226 g/mol. The summed E-state index contributed by atoms with van der Waals surface area (Å²) in [5.41, 5.74) is 2.25. The Balaban J connectivity index is 2.01. The summed E-state index contributed by atoms with van der Waals surface area (Å²) in [4.78, 5) is 0. The molecule has 2 unspecified atom stereocenters. The van der Waals surface area contributed by atoms with Crippen molar-refractivity contribution in [3.63, 3.8) is 0 Å². The van der Waals surface area contributed by atoms with Gasteiger partial charge in [0.1, 0.15) is 5.82 Å². The van der Waals surface area contributed by atoms with Crippen LogP contribution >= 0.6 is 0 Å². The second-order valence-electron chi connectivity index (χ2n) is 5.40. The van der Waals surface area contributed by atoms with Gasteiger partial charge < -0.3 is 10.1 Å². The van der Waals surface area contributed by atoms with Crippen molar-refractivity contribution >= 4 is 5.82 Å². The van der Waals surface area contributed by atoms with Crippen LogP contribution in [-0.4, -0.2) is 22.9 Å². The van der Waals surface area contributed by atoms with E-state index in [9.17, 15) is 0 Å². The van der Waals surface area contributed by atoms with Crippen molar-refractivity contribution in [2.75, 3.05) is 12.4 Å². The summed E-state index contributed by atoms with van der Waals surface area (Å²) >= 11 is 0. The molecule has 1 aromatic heterocycles. The fourth-order valence-electron chi connectivity index (χ4n) is 2.91. The maximum absolute atomic E-state index is 6.12. The van der Waals surface area contributed by atoms with Crippen molar-refractivity contribution in [2.45, 2.75) is 52.2 Å². The number of aromatic nitrogens is 2. The highest BCUT2D eigenvalue weighted by molar-refractivity contribution is 5.46. The first-order valence-electron chi connectivity index (χ1n) is 6.95. The van der Waals surface area contributed by atoms with E-state index >= 15 is 0 Å². The Kier molecular flexibility index (Phi) is 4.27. The molecule has 1 saturated carbocycles. The van der Waals surface area contributed by atoms with E-state index in [-0.39, 0.29) is 0 Å². The zero-order valence-electron chi connectivity index (χ0n) is 12.0. The summed E-state index contributed by atoms with van der Waals surface area (Å²) in [6, 6.07) is 0. The number of anilines is 1. The Morgan fingerprint density at radius 1 is 1.39 bits per heavy atom. The summed E-state index contributed by atoms with van der Waals surface area (Å²) in [6.45, 7) is 5.02. The normalized spacial score (nSPS) is 24.2. The molecule has 18 heavy (non-hydrogen) atoms. The van der Waals surface area contributed by atoms with Gasteiger partial charge in [-0.3, -0.25) is 4.68 Å². The Labute approximate surface area is 110 Å². The van der Waals surface area contributed by atoms with Gasteiger partial charge in [-0.1, -0.05) is 19.8 Å². The predicted molar refractivity (Wildman–Crippen MR) is 73.7 cm³/mol. The van der Waals surface area contributed by atoms with Gasteiger partial charge in [-0.15, -0.1) is 0 Å². The standard InChI is InChI=1S/C14H25N3O/c1-10-7-5-6-8-13(10)18-9-12-11(2)16-17(4)14(12)15-3/h10,13,15H,5-9H2,1-4H3. The monoisotopic (exact) mass is 251 g/mol. The van der Waals surface area contributed by atoms with Crippen molar-refractivity contribution in [3.05, 3.63) is 11.3 Å². The summed E-state index contributed by atoms with van der Waals surface area (Å²) < 4.78 is 8.01. The van der Waals surface area contributed by atoms with E-state index in [2.05, 4.69) is 17.3 Å². The summed E-state index contributed by atoms with van der Waals surface area (Å²) in [6.07, 6.45) is 5.59. The summed E-state index contributed by atoms with van der Waals surface area (Å²) in [7, 11) is 3.90. The molecule has 0 amide bonds. The predicted octanol–water partition coefficient (Wildman–Crippen LogP) is 2.87. The second-order valence-corrected chi connectivity index (χ2v) is 5.40. The molecule has 0 bridgehead atoms. The molecule has 1 aliphatic carbocycles. The van der Waals surface area contributed by atoms with Crippen LogP contribution in [0.25, 0.3) is 0 Å². The van der Waals surface area contributed by atoms with Crippen LogP contribution in [0.5, 0.6) is 0 Å². The fraction of sp³-hybridized carbons (Fsp3) is 0.786. The van der Waals surface area contributed by atoms with Crippen LogP contribution in [-0.2, 0) is 18.4 Å². The maximum Gasteiger partial charge on any atom is 0.129 e. The minimum Gasteiger partial charge on any atom is -0.373 e. The lowest BCUT2D eigenvalue weighted by Gasteiger charge is -2.28. The molecule has 2 rings (SSSR count). The zero-order valence-corrected chi connectivity index (χ0v) is 12.0. The SMILES string of the molecule is CNc1c(COC2CCCCC2C)c(C)nn1C. The van der Waals surface area contributed by atoms with Crippen LogP contribution in [0.15, 0.2) is 0 Å². The van der Waals surface area contributed by atoms with Crippen molar-refractivity contribution in [1.82, 2.24) is 9.78 Å². The van der Waals surface area contributed by atoms with Crippen LogP contribution in [0, 0.1) is 12.8 Å². The van der Waals surface area contributed by atoms with Crippen molar-refractivity contribution in [1.29, 1.82) is 0 Å². The van der Waals surface area contributed by atoms with Gasteiger partial charge in [-0.25, -0.2) is 0 Å². The molecule has 1 heterocycles. The second kappa shape index (κ2) is 5.74. The van der Waals surface area contributed by atoms with Gasteiger partial charge in [0.15, 0.2) is 0 Å². The van der Waals surface area contributed by atoms with Gasteiger partial charge in [0.25, 0.3) is 0 Å². The lowest BCUT2D eigenvalue weighted by atomic mass is 9.88. The molecular formula is C14H25N3O. The number of nitrogens with one attached hydrogen (secondary N) is 1. The number of rotatable bonds is 4. The number of hydrogen-bond donors (Lipinski definition) is 1. The van der Waals surface area contributed by atoms with Crippen LogP contribution in [0.4, 0.5) is 5.82 Å². The Morgan fingerprint density at radius 2 is 2.11 bits per heavy atom. The van der Waals surface area contributed by atoms with Gasteiger partial charge in [-0.05, 0) is 25.7 Å². The average molecular weight is 251 g/mol. The molecule has 0 aromatic carbocycles. The quantitative estimate of drug-likeness (QED) is 0.894. The third-order valence-electron chi connectivity index (χ3n) is 4.06. The van der Waals surface area contributed by atoms with E-state index in [0.29, 0.717) is 18.6 Å². The molecule has 0 aliphatic heterocycles. The average Bonchev–Trinajstić information content (AvgIpc) is 2.62. The van der Waals surface area contributed by atoms with Crippen molar-refractivity contribution in [3.8, 4) is 0 Å². The summed E-state index contributed by atoms with van der Waals surface area (Å²) in [5.74, 6) is 1.75. The first kappa shape index (κ1) is 13.4. The Bertz CT molecular complexity index is 400. The highest BCUT2D eigenvalue weighted by Gasteiger charge is 2.23. The molecule has 1 aromatic rings. The van der Waals surface area contributed by atoms with E-state index in [1.165, 1.54) is 31.2 Å². The molecule has 0 saturated heterocycles. The first-order chi connectivity index (χ1) is 8.63. The topological polar surface area (TPSA) is 39.1 Å². The largest absolute Gasteiger partial charge is 0.373 e. The lowest BCUT2D eigenvalue weighted by Crippen LogP contribution is -2.25. The smallest absolute Gasteiger partial charge is 0.129 e. The van der Waals surface area contributed by atoms with E-state index in [4.69, 9.17) is 4.74 Å². The minimum atomic E-state index is 0.420. The van der Waals surface area contributed by atoms with Gasteiger partial charge in [0, 0.05) is 19.7 Å². The van der Waals surface area contributed by atoms with Crippen LogP contribution in [0.2, 0.25) is 0 Å². The Hall–Kier alpha value is -1.03. The van der Waals surface area contributed by atoms with Crippen LogP contribution < -0.4 is 5.32 Å². The lowest BCUT2D eigenvalue weighted by molar-refractivity contribution is -0.0154. The van der Waals surface area contributed by atoms with E-state index in [0.717, 1.165) is 11.5 Å².